The van der Waals surface area contributed by atoms with Gasteiger partial charge in [0.1, 0.15) is 0 Å². The van der Waals surface area contributed by atoms with Crippen LogP contribution in [0.1, 0.15) is 50.6 Å². The van der Waals surface area contributed by atoms with Gasteiger partial charge in [0.15, 0.2) is 0 Å². The maximum atomic E-state index is 12.6. The molecule has 5 nitrogen and oxygen atoms in total. The zero-order valence-corrected chi connectivity index (χ0v) is 16.3. The molecule has 2 saturated heterocycles. The van der Waals surface area contributed by atoms with Crippen LogP contribution in [0.5, 0.6) is 0 Å². The molecule has 3 aliphatic heterocycles. The zero-order chi connectivity index (χ0) is 18.8. The normalized spacial score (nSPS) is 28.3. The number of hydrogen-bond acceptors (Lipinski definition) is 3. The first-order valence-electron chi connectivity index (χ1n) is 10.5. The van der Waals surface area contributed by atoms with Gasteiger partial charge in [-0.15, -0.1) is 0 Å². The SMILES string of the molecule is CC[C@H]1CCCCN1C(=O)/C=C/CN1C[C@H]2C[C@@H](C1)c1cccc(=O)n1C2. The quantitative estimate of drug-likeness (QED) is 0.767. The van der Waals surface area contributed by atoms with Crippen LogP contribution >= 0.6 is 0 Å². The molecule has 1 aromatic rings. The number of nitrogens with zero attached hydrogens (tertiary/aromatic N) is 3. The Morgan fingerprint density at radius 1 is 1.22 bits per heavy atom. The molecule has 3 atom stereocenters. The van der Waals surface area contributed by atoms with E-state index in [1.807, 2.05) is 16.7 Å². The molecule has 146 valence electrons. The highest BCUT2D eigenvalue weighted by atomic mass is 16.2. The van der Waals surface area contributed by atoms with Gasteiger partial charge in [-0.25, -0.2) is 0 Å². The van der Waals surface area contributed by atoms with Crippen molar-refractivity contribution in [3.8, 4) is 0 Å². The van der Waals surface area contributed by atoms with Crippen LogP contribution in [0.4, 0.5) is 0 Å². The van der Waals surface area contributed by atoms with Crippen molar-refractivity contribution in [1.82, 2.24) is 14.4 Å². The summed E-state index contributed by atoms with van der Waals surface area (Å²) in [6.07, 6.45) is 9.57. The topological polar surface area (TPSA) is 45.6 Å². The van der Waals surface area contributed by atoms with Crippen LogP contribution in [0.15, 0.2) is 35.1 Å². The molecule has 1 aromatic heterocycles. The van der Waals surface area contributed by atoms with Crippen molar-refractivity contribution >= 4 is 5.91 Å². The minimum atomic E-state index is 0.133. The molecule has 27 heavy (non-hydrogen) atoms. The molecule has 0 aliphatic carbocycles. The summed E-state index contributed by atoms with van der Waals surface area (Å²) < 4.78 is 1.97. The fourth-order valence-electron chi connectivity index (χ4n) is 5.26. The van der Waals surface area contributed by atoms with E-state index in [4.69, 9.17) is 0 Å². The number of hydrogen-bond donors (Lipinski definition) is 0. The second-order valence-corrected chi connectivity index (χ2v) is 8.41. The number of fused-ring (bicyclic) bond motifs is 4. The first-order valence-corrected chi connectivity index (χ1v) is 10.5. The lowest BCUT2D eigenvalue weighted by Gasteiger charge is -2.42. The number of aromatic nitrogens is 1. The molecule has 4 rings (SSSR count). The first kappa shape index (κ1) is 18.5. The third-order valence-electron chi connectivity index (χ3n) is 6.56. The average Bonchev–Trinajstić information content (AvgIpc) is 2.68. The smallest absolute Gasteiger partial charge is 0.250 e. The molecule has 2 fully saturated rings. The van der Waals surface area contributed by atoms with Crippen LogP contribution in [0.3, 0.4) is 0 Å². The molecular weight excluding hydrogens is 338 g/mol. The molecule has 0 radical (unpaired) electrons. The Labute approximate surface area is 161 Å². The Morgan fingerprint density at radius 3 is 2.96 bits per heavy atom. The Morgan fingerprint density at radius 2 is 2.11 bits per heavy atom. The van der Waals surface area contributed by atoms with E-state index in [1.54, 1.807) is 12.1 Å². The predicted molar refractivity (Wildman–Crippen MR) is 107 cm³/mol. The lowest BCUT2D eigenvalue weighted by Crippen LogP contribution is -2.47. The third kappa shape index (κ3) is 3.88. The van der Waals surface area contributed by atoms with Gasteiger partial charge in [0, 0.05) is 62.5 Å². The summed E-state index contributed by atoms with van der Waals surface area (Å²) in [6.45, 7) is 6.71. The molecular formula is C22H31N3O2. The summed E-state index contributed by atoms with van der Waals surface area (Å²) >= 11 is 0. The summed E-state index contributed by atoms with van der Waals surface area (Å²) in [5.41, 5.74) is 1.32. The standard InChI is InChI=1S/C22H31N3O2/c1-2-19-7-3-4-12-24(19)21(26)10-6-11-23-14-17-13-18(16-23)20-8-5-9-22(27)25(20)15-17/h5-6,8-10,17-19H,2-4,7,11-16H2,1H3/b10-6+/t17-,18+,19+/m1/s1. The molecule has 0 aromatic carbocycles. The molecule has 0 unspecified atom stereocenters. The van der Waals surface area contributed by atoms with Gasteiger partial charge in [-0.2, -0.15) is 0 Å². The van der Waals surface area contributed by atoms with Gasteiger partial charge in [-0.1, -0.05) is 19.1 Å². The molecule has 0 saturated carbocycles. The second-order valence-electron chi connectivity index (χ2n) is 8.41. The fraction of sp³-hybridized carbons (Fsp3) is 0.636. The Hall–Kier alpha value is -1.88. The molecule has 5 heteroatoms. The summed E-state index contributed by atoms with van der Waals surface area (Å²) in [5, 5.41) is 0. The van der Waals surface area contributed by atoms with Gasteiger partial charge in [0.2, 0.25) is 5.91 Å². The van der Waals surface area contributed by atoms with Gasteiger partial charge in [0.05, 0.1) is 0 Å². The highest BCUT2D eigenvalue weighted by molar-refractivity contribution is 5.87. The van der Waals surface area contributed by atoms with E-state index in [0.717, 1.165) is 52.0 Å². The van der Waals surface area contributed by atoms with Crippen LogP contribution in [-0.4, -0.2) is 52.5 Å². The number of pyridine rings is 1. The third-order valence-corrected chi connectivity index (χ3v) is 6.56. The molecule has 1 amide bonds. The lowest BCUT2D eigenvalue weighted by atomic mass is 9.83. The number of likely N-dealkylation sites (tertiary alicyclic amines) is 2. The van der Waals surface area contributed by atoms with Crippen LogP contribution in [0.25, 0.3) is 0 Å². The van der Waals surface area contributed by atoms with Crippen LogP contribution in [0.2, 0.25) is 0 Å². The van der Waals surface area contributed by atoms with Gasteiger partial charge in [-0.3, -0.25) is 14.5 Å². The number of carbonyl (C=O) groups excluding carboxylic acids is 1. The van der Waals surface area contributed by atoms with Crippen molar-refractivity contribution in [2.45, 2.75) is 57.5 Å². The van der Waals surface area contributed by atoms with Crippen LogP contribution in [-0.2, 0) is 11.3 Å². The maximum Gasteiger partial charge on any atom is 0.250 e. The van der Waals surface area contributed by atoms with Crippen molar-refractivity contribution in [1.29, 1.82) is 0 Å². The average molecular weight is 370 g/mol. The Bertz CT molecular complexity index is 769. The van der Waals surface area contributed by atoms with E-state index >= 15 is 0 Å². The molecule has 2 bridgehead atoms. The highest BCUT2D eigenvalue weighted by Gasteiger charge is 2.34. The largest absolute Gasteiger partial charge is 0.336 e. The van der Waals surface area contributed by atoms with Crippen molar-refractivity contribution in [3.63, 3.8) is 0 Å². The number of carbonyl (C=O) groups is 1. The van der Waals surface area contributed by atoms with E-state index in [1.165, 1.54) is 18.5 Å². The summed E-state index contributed by atoms with van der Waals surface area (Å²) in [5.74, 6) is 1.14. The molecule has 4 heterocycles. The van der Waals surface area contributed by atoms with Gasteiger partial charge in [-0.05, 0) is 44.1 Å². The van der Waals surface area contributed by atoms with E-state index < -0.39 is 0 Å². The minimum absolute atomic E-state index is 0.133. The molecule has 3 aliphatic rings. The summed E-state index contributed by atoms with van der Waals surface area (Å²) in [6, 6.07) is 6.07. The van der Waals surface area contributed by atoms with Crippen molar-refractivity contribution < 1.29 is 4.79 Å². The first-order chi connectivity index (χ1) is 13.2. The fourth-order valence-corrected chi connectivity index (χ4v) is 5.26. The van der Waals surface area contributed by atoms with Gasteiger partial charge < -0.3 is 9.47 Å². The Balaban J connectivity index is 1.37. The van der Waals surface area contributed by atoms with Crippen LogP contribution < -0.4 is 5.56 Å². The number of amides is 1. The van der Waals surface area contributed by atoms with E-state index in [2.05, 4.69) is 22.8 Å². The maximum absolute atomic E-state index is 12.6. The monoisotopic (exact) mass is 369 g/mol. The van der Waals surface area contributed by atoms with Crippen LogP contribution in [0, 0.1) is 5.92 Å². The van der Waals surface area contributed by atoms with E-state index in [9.17, 15) is 9.59 Å². The van der Waals surface area contributed by atoms with Crippen molar-refractivity contribution in [2.75, 3.05) is 26.2 Å². The van der Waals surface area contributed by atoms with E-state index in [0.29, 0.717) is 17.9 Å². The number of piperidine rings is 2. The molecule has 0 N–H and O–H groups in total. The minimum Gasteiger partial charge on any atom is -0.336 e. The van der Waals surface area contributed by atoms with Gasteiger partial charge >= 0.3 is 0 Å². The highest BCUT2D eigenvalue weighted by Crippen LogP contribution is 2.34. The van der Waals surface area contributed by atoms with E-state index in [-0.39, 0.29) is 11.5 Å². The summed E-state index contributed by atoms with van der Waals surface area (Å²) in [7, 11) is 0. The second kappa shape index (κ2) is 8.01. The van der Waals surface area contributed by atoms with Crippen molar-refractivity contribution in [2.24, 2.45) is 5.92 Å². The Kier molecular flexibility index (Phi) is 5.48. The zero-order valence-electron chi connectivity index (χ0n) is 16.3. The molecule has 0 spiro atoms. The summed E-state index contributed by atoms with van der Waals surface area (Å²) in [4.78, 5) is 29.2. The number of rotatable bonds is 4. The van der Waals surface area contributed by atoms with Gasteiger partial charge in [0.25, 0.3) is 5.56 Å². The predicted octanol–water partition coefficient (Wildman–Crippen LogP) is 2.61. The lowest BCUT2D eigenvalue weighted by molar-refractivity contribution is -0.129. The van der Waals surface area contributed by atoms with Crippen molar-refractivity contribution in [3.05, 3.63) is 46.4 Å².